The predicted molar refractivity (Wildman–Crippen MR) is 54.4 cm³/mol. The van der Waals surface area contributed by atoms with Gasteiger partial charge in [0.25, 0.3) is 0 Å². The van der Waals surface area contributed by atoms with Gasteiger partial charge in [0.15, 0.2) is 0 Å². The molecule has 0 aliphatic carbocycles. The number of carbonyl (C=O) groups excluding carboxylic acids is 2. The topological polar surface area (TPSA) is 92.7 Å². The van der Waals surface area contributed by atoms with E-state index in [2.05, 4.69) is 10.1 Å². The number of hydrogen-bond donors (Lipinski definition) is 2. The van der Waals surface area contributed by atoms with Crippen LogP contribution in [0.15, 0.2) is 18.2 Å². The van der Waals surface area contributed by atoms with E-state index in [1.165, 1.54) is 25.2 Å². The lowest BCUT2D eigenvalue weighted by Crippen LogP contribution is -2.08. The molecule has 0 aromatic heterocycles. The van der Waals surface area contributed by atoms with Crippen molar-refractivity contribution >= 4 is 24.1 Å². The van der Waals surface area contributed by atoms with Gasteiger partial charge < -0.3 is 15.2 Å². The summed E-state index contributed by atoms with van der Waals surface area (Å²) in [7, 11) is 1.53. The highest BCUT2D eigenvalue weighted by Gasteiger charge is 2.14. The van der Waals surface area contributed by atoms with Crippen LogP contribution in [0.3, 0.4) is 0 Å². The van der Waals surface area contributed by atoms with Gasteiger partial charge in [0.05, 0.1) is 11.1 Å². The second-order valence-corrected chi connectivity index (χ2v) is 2.82. The van der Waals surface area contributed by atoms with Crippen molar-refractivity contribution in [2.45, 2.75) is 0 Å². The molecule has 0 heterocycles. The molecule has 0 unspecified atom stereocenters. The first kappa shape index (κ1) is 11.7. The number of carbonyl (C=O) groups is 3. The Hall–Kier alpha value is -2.37. The summed E-state index contributed by atoms with van der Waals surface area (Å²) in [6, 6.07) is 3.81. The SMILES string of the molecule is CNc1cc(C(=O)O)ccc1C(=O)OC=O. The van der Waals surface area contributed by atoms with E-state index in [1.54, 1.807) is 0 Å². The van der Waals surface area contributed by atoms with Crippen LogP contribution in [-0.2, 0) is 9.53 Å². The molecule has 0 aliphatic rings. The predicted octanol–water partition coefficient (Wildman–Crippen LogP) is 0.740. The number of benzene rings is 1. The summed E-state index contributed by atoms with van der Waals surface area (Å²) < 4.78 is 4.16. The molecule has 1 rings (SSSR count). The summed E-state index contributed by atoms with van der Waals surface area (Å²) in [5.41, 5.74) is 0.415. The van der Waals surface area contributed by atoms with Gasteiger partial charge in [-0.25, -0.2) is 9.59 Å². The lowest BCUT2D eigenvalue weighted by Gasteiger charge is -2.07. The molecule has 2 N–H and O–H groups in total. The third-order valence-corrected chi connectivity index (χ3v) is 1.91. The Morgan fingerprint density at radius 1 is 1.44 bits per heavy atom. The Balaban J connectivity index is 3.16. The Labute approximate surface area is 90.8 Å². The fourth-order valence-corrected chi connectivity index (χ4v) is 1.17. The van der Waals surface area contributed by atoms with Crippen LogP contribution in [0.2, 0.25) is 0 Å². The number of aromatic carboxylic acids is 1. The van der Waals surface area contributed by atoms with Crippen molar-refractivity contribution in [1.82, 2.24) is 0 Å². The molecule has 84 valence electrons. The van der Waals surface area contributed by atoms with E-state index >= 15 is 0 Å². The second-order valence-electron chi connectivity index (χ2n) is 2.82. The fourth-order valence-electron chi connectivity index (χ4n) is 1.17. The number of carboxylic acids is 1. The highest BCUT2D eigenvalue weighted by atomic mass is 16.6. The Kier molecular flexibility index (Phi) is 3.60. The van der Waals surface area contributed by atoms with Crippen LogP contribution in [0.4, 0.5) is 5.69 Å². The smallest absolute Gasteiger partial charge is 0.347 e. The number of esters is 1. The van der Waals surface area contributed by atoms with Gasteiger partial charge in [-0.3, -0.25) is 4.79 Å². The summed E-state index contributed by atoms with van der Waals surface area (Å²) in [6.45, 7) is 0.0207. The zero-order chi connectivity index (χ0) is 12.1. The average molecular weight is 223 g/mol. The van der Waals surface area contributed by atoms with Gasteiger partial charge in [-0.2, -0.15) is 0 Å². The van der Waals surface area contributed by atoms with Crippen molar-refractivity contribution in [3.63, 3.8) is 0 Å². The average Bonchev–Trinajstić information content (AvgIpc) is 2.28. The van der Waals surface area contributed by atoms with E-state index < -0.39 is 11.9 Å². The quantitative estimate of drug-likeness (QED) is 0.444. The molecule has 0 saturated heterocycles. The molecule has 1 aromatic rings. The third kappa shape index (κ3) is 2.35. The largest absolute Gasteiger partial charge is 0.478 e. The number of ether oxygens (including phenoxy) is 1. The van der Waals surface area contributed by atoms with Crippen LogP contribution in [-0.4, -0.2) is 30.6 Å². The van der Waals surface area contributed by atoms with E-state index in [0.29, 0.717) is 0 Å². The number of nitrogens with one attached hydrogen (secondary N) is 1. The van der Waals surface area contributed by atoms with Gasteiger partial charge in [0.2, 0.25) is 0 Å². The van der Waals surface area contributed by atoms with Crippen molar-refractivity contribution < 1.29 is 24.2 Å². The van der Waals surface area contributed by atoms with Gasteiger partial charge in [-0.1, -0.05) is 0 Å². The summed E-state index contributed by atoms with van der Waals surface area (Å²) >= 11 is 0. The molecule has 0 atom stereocenters. The summed E-state index contributed by atoms with van der Waals surface area (Å²) in [6.07, 6.45) is 0. The molecule has 0 spiro atoms. The summed E-state index contributed by atoms with van der Waals surface area (Å²) in [5.74, 6) is -1.94. The maximum absolute atomic E-state index is 11.3. The Bertz CT molecular complexity index is 441. The van der Waals surface area contributed by atoms with Crippen molar-refractivity contribution in [2.75, 3.05) is 12.4 Å². The van der Waals surface area contributed by atoms with Gasteiger partial charge >= 0.3 is 18.4 Å². The zero-order valence-electron chi connectivity index (χ0n) is 8.39. The lowest BCUT2D eigenvalue weighted by atomic mass is 10.1. The lowest BCUT2D eigenvalue weighted by molar-refractivity contribution is -0.123. The normalized spacial score (nSPS) is 9.31. The maximum Gasteiger partial charge on any atom is 0.347 e. The highest BCUT2D eigenvalue weighted by molar-refractivity contribution is 6.00. The van der Waals surface area contributed by atoms with Crippen LogP contribution in [0.5, 0.6) is 0 Å². The highest BCUT2D eigenvalue weighted by Crippen LogP contribution is 2.18. The molecular weight excluding hydrogens is 214 g/mol. The number of hydrogen-bond acceptors (Lipinski definition) is 5. The van der Waals surface area contributed by atoms with E-state index in [0.717, 1.165) is 0 Å². The van der Waals surface area contributed by atoms with Crippen molar-refractivity contribution in [3.05, 3.63) is 29.3 Å². The Morgan fingerprint density at radius 2 is 2.12 bits per heavy atom. The fraction of sp³-hybridized carbons (Fsp3) is 0.100. The number of rotatable bonds is 4. The van der Waals surface area contributed by atoms with E-state index in [-0.39, 0.29) is 23.3 Å². The molecule has 0 bridgehead atoms. The first-order chi connectivity index (χ1) is 7.60. The van der Waals surface area contributed by atoms with Gasteiger partial charge in [-0.05, 0) is 18.2 Å². The minimum atomic E-state index is -1.10. The number of anilines is 1. The third-order valence-electron chi connectivity index (χ3n) is 1.91. The van der Waals surface area contributed by atoms with Crippen molar-refractivity contribution in [2.24, 2.45) is 0 Å². The molecule has 6 nitrogen and oxygen atoms in total. The van der Waals surface area contributed by atoms with Crippen LogP contribution in [0.25, 0.3) is 0 Å². The molecule has 0 fully saturated rings. The molecule has 1 aromatic carbocycles. The van der Waals surface area contributed by atoms with Crippen molar-refractivity contribution in [1.29, 1.82) is 0 Å². The molecular formula is C10H9NO5. The van der Waals surface area contributed by atoms with Crippen molar-refractivity contribution in [3.8, 4) is 0 Å². The molecule has 16 heavy (non-hydrogen) atoms. The zero-order valence-corrected chi connectivity index (χ0v) is 8.39. The minimum absolute atomic E-state index is 0.0207. The molecule has 6 heteroatoms. The van der Waals surface area contributed by atoms with Gasteiger partial charge in [0.1, 0.15) is 0 Å². The second kappa shape index (κ2) is 4.92. The number of carboxylic acid groups (broad SMARTS) is 1. The van der Waals surface area contributed by atoms with E-state index in [1.807, 2.05) is 0 Å². The molecule has 0 radical (unpaired) electrons. The molecule has 0 aliphatic heterocycles. The summed E-state index contributed by atoms with van der Waals surface area (Å²) in [5, 5.41) is 11.4. The first-order valence-corrected chi connectivity index (χ1v) is 4.30. The van der Waals surface area contributed by atoms with Crippen LogP contribution < -0.4 is 5.32 Å². The van der Waals surface area contributed by atoms with E-state index in [9.17, 15) is 14.4 Å². The summed E-state index contributed by atoms with van der Waals surface area (Å²) in [4.78, 5) is 31.9. The molecule has 0 saturated carbocycles. The van der Waals surface area contributed by atoms with E-state index in [4.69, 9.17) is 5.11 Å². The van der Waals surface area contributed by atoms with Crippen LogP contribution in [0.1, 0.15) is 20.7 Å². The monoisotopic (exact) mass is 223 g/mol. The standard InChI is InChI=1S/C10H9NO5/c1-11-8-4-6(9(13)14)2-3-7(8)10(15)16-5-12/h2-5,11H,1H3,(H,13,14). The Morgan fingerprint density at radius 3 is 2.62 bits per heavy atom. The molecule has 0 amide bonds. The van der Waals surface area contributed by atoms with Crippen LogP contribution in [0, 0.1) is 0 Å². The maximum atomic E-state index is 11.3. The minimum Gasteiger partial charge on any atom is -0.478 e. The van der Waals surface area contributed by atoms with Crippen LogP contribution >= 0.6 is 0 Å². The van der Waals surface area contributed by atoms with Gasteiger partial charge in [0, 0.05) is 12.7 Å². The van der Waals surface area contributed by atoms with Gasteiger partial charge in [-0.15, -0.1) is 0 Å². The first-order valence-electron chi connectivity index (χ1n) is 4.30.